The molecule has 0 aromatic heterocycles. The van der Waals surface area contributed by atoms with Crippen LogP contribution in [-0.4, -0.2) is 68.2 Å². The van der Waals surface area contributed by atoms with Gasteiger partial charge in [0.05, 0.1) is 11.3 Å². The average Bonchev–Trinajstić information content (AvgIpc) is 2.72. The molecule has 1 aromatic carbocycles. The lowest BCUT2D eigenvalue weighted by Gasteiger charge is -2.37. The summed E-state index contributed by atoms with van der Waals surface area (Å²) in [6.45, 7) is 9.38. The number of anilines is 1. The van der Waals surface area contributed by atoms with Gasteiger partial charge in [0.15, 0.2) is 0 Å². The molecular formula is C21H31N5O. The predicted octanol–water partition coefficient (Wildman–Crippen LogP) is 2.51. The molecule has 1 atom stereocenters. The molecule has 6 heteroatoms. The first-order valence-corrected chi connectivity index (χ1v) is 10.2. The van der Waals surface area contributed by atoms with Gasteiger partial charge in [0, 0.05) is 39.3 Å². The quantitative estimate of drug-likeness (QED) is 0.866. The molecule has 2 aliphatic heterocycles. The average molecular weight is 370 g/mol. The Kier molecular flexibility index (Phi) is 6.94. The fraction of sp³-hybridized carbons (Fsp3) is 0.619. The van der Waals surface area contributed by atoms with Crippen LogP contribution in [0, 0.1) is 17.2 Å². The van der Waals surface area contributed by atoms with Gasteiger partial charge in [-0.05, 0) is 50.4 Å². The van der Waals surface area contributed by atoms with E-state index in [0.717, 1.165) is 38.4 Å². The van der Waals surface area contributed by atoms with E-state index in [2.05, 4.69) is 28.1 Å². The molecule has 1 aromatic rings. The Balaban J connectivity index is 1.44. The zero-order valence-electron chi connectivity index (χ0n) is 16.4. The molecule has 0 radical (unpaired) electrons. The van der Waals surface area contributed by atoms with Crippen LogP contribution < -0.4 is 10.2 Å². The van der Waals surface area contributed by atoms with E-state index in [0.29, 0.717) is 24.6 Å². The Labute approximate surface area is 162 Å². The number of urea groups is 1. The van der Waals surface area contributed by atoms with Crippen molar-refractivity contribution in [3.63, 3.8) is 0 Å². The highest BCUT2D eigenvalue weighted by atomic mass is 16.2. The van der Waals surface area contributed by atoms with Gasteiger partial charge < -0.3 is 20.0 Å². The van der Waals surface area contributed by atoms with Crippen LogP contribution >= 0.6 is 0 Å². The summed E-state index contributed by atoms with van der Waals surface area (Å²) in [4.78, 5) is 19.2. The SMILES string of the molecule is CCCN1CCC[C@@H](CNC(=O)N2CCN(c3ccccc3C#N)CC2)C1. The van der Waals surface area contributed by atoms with E-state index >= 15 is 0 Å². The van der Waals surface area contributed by atoms with Crippen molar-refractivity contribution in [2.45, 2.75) is 26.2 Å². The van der Waals surface area contributed by atoms with E-state index in [9.17, 15) is 10.1 Å². The second-order valence-corrected chi connectivity index (χ2v) is 7.60. The minimum Gasteiger partial charge on any atom is -0.367 e. The lowest BCUT2D eigenvalue weighted by Crippen LogP contribution is -2.53. The van der Waals surface area contributed by atoms with Gasteiger partial charge >= 0.3 is 6.03 Å². The van der Waals surface area contributed by atoms with E-state index in [1.807, 2.05) is 29.2 Å². The highest BCUT2D eigenvalue weighted by Gasteiger charge is 2.24. The number of rotatable bonds is 5. The van der Waals surface area contributed by atoms with E-state index < -0.39 is 0 Å². The molecule has 0 saturated carbocycles. The molecule has 2 amide bonds. The van der Waals surface area contributed by atoms with Gasteiger partial charge in [-0.25, -0.2) is 4.79 Å². The van der Waals surface area contributed by atoms with Gasteiger partial charge in [0.25, 0.3) is 0 Å². The maximum Gasteiger partial charge on any atom is 0.317 e. The van der Waals surface area contributed by atoms with Crippen molar-refractivity contribution >= 4 is 11.7 Å². The van der Waals surface area contributed by atoms with Crippen LogP contribution in [0.15, 0.2) is 24.3 Å². The third-order valence-corrected chi connectivity index (χ3v) is 5.62. The molecule has 1 N–H and O–H groups in total. The van der Waals surface area contributed by atoms with Crippen LogP contribution in [-0.2, 0) is 0 Å². The smallest absolute Gasteiger partial charge is 0.317 e. The number of nitriles is 1. The molecule has 0 spiro atoms. The Morgan fingerprint density at radius 3 is 2.74 bits per heavy atom. The van der Waals surface area contributed by atoms with Crippen LogP contribution in [0.2, 0.25) is 0 Å². The number of para-hydroxylation sites is 1. The number of hydrogen-bond donors (Lipinski definition) is 1. The number of benzene rings is 1. The van der Waals surface area contributed by atoms with Crippen molar-refractivity contribution in [3.8, 4) is 6.07 Å². The molecule has 3 rings (SSSR count). The van der Waals surface area contributed by atoms with E-state index in [-0.39, 0.29) is 6.03 Å². The van der Waals surface area contributed by atoms with Crippen LogP contribution in [0.1, 0.15) is 31.7 Å². The summed E-state index contributed by atoms with van der Waals surface area (Å²) < 4.78 is 0. The number of likely N-dealkylation sites (tertiary alicyclic amines) is 1. The summed E-state index contributed by atoms with van der Waals surface area (Å²) in [5, 5.41) is 12.4. The summed E-state index contributed by atoms with van der Waals surface area (Å²) in [5.41, 5.74) is 1.67. The first kappa shape index (κ1) is 19.5. The Morgan fingerprint density at radius 2 is 2.00 bits per heavy atom. The lowest BCUT2D eigenvalue weighted by molar-refractivity contribution is 0.164. The molecule has 0 unspecified atom stereocenters. The molecule has 2 heterocycles. The van der Waals surface area contributed by atoms with Crippen molar-refractivity contribution in [2.24, 2.45) is 5.92 Å². The first-order valence-electron chi connectivity index (χ1n) is 10.2. The van der Waals surface area contributed by atoms with Gasteiger partial charge in [-0.15, -0.1) is 0 Å². The van der Waals surface area contributed by atoms with E-state index in [1.165, 1.54) is 25.8 Å². The second kappa shape index (κ2) is 9.61. The highest BCUT2D eigenvalue weighted by Crippen LogP contribution is 2.21. The van der Waals surface area contributed by atoms with Crippen LogP contribution in [0.25, 0.3) is 0 Å². The molecule has 2 fully saturated rings. The Hall–Kier alpha value is -2.26. The minimum absolute atomic E-state index is 0.0517. The maximum atomic E-state index is 12.5. The van der Waals surface area contributed by atoms with Gasteiger partial charge in [-0.1, -0.05) is 19.1 Å². The number of nitrogens with zero attached hydrogens (tertiary/aromatic N) is 4. The van der Waals surface area contributed by atoms with Crippen molar-refractivity contribution in [1.29, 1.82) is 5.26 Å². The summed E-state index contributed by atoms with van der Waals surface area (Å²) in [7, 11) is 0. The number of nitrogens with one attached hydrogen (secondary N) is 1. The van der Waals surface area contributed by atoms with Crippen molar-refractivity contribution in [3.05, 3.63) is 29.8 Å². The third kappa shape index (κ3) is 5.14. The topological polar surface area (TPSA) is 62.6 Å². The van der Waals surface area contributed by atoms with Crippen molar-refractivity contribution in [2.75, 3.05) is 57.3 Å². The molecule has 146 valence electrons. The summed E-state index contributed by atoms with van der Waals surface area (Å²) >= 11 is 0. The van der Waals surface area contributed by atoms with Crippen molar-refractivity contribution < 1.29 is 4.79 Å². The zero-order valence-corrected chi connectivity index (χ0v) is 16.4. The van der Waals surface area contributed by atoms with Gasteiger partial charge in [0.1, 0.15) is 6.07 Å². The molecule has 0 aliphatic carbocycles. The first-order chi connectivity index (χ1) is 13.2. The predicted molar refractivity (Wildman–Crippen MR) is 108 cm³/mol. The number of piperazine rings is 1. The minimum atomic E-state index is 0.0517. The van der Waals surface area contributed by atoms with Crippen molar-refractivity contribution in [1.82, 2.24) is 15.1 Å². The van der Waals surface area contributed by atoms with Gasteiger partial charge in [0.2, 0.25) is 0 Å². The fourth-order valence-electron chi connectivity index (χ4n) is 4.18. The van der Waals surface area contributed by atoms with E-state index in [1.54, 1.807) is 0 Å². The number of piperidine rings is 1. The summed E-state index contributed by atoms with van der Waals surface area (Å²) in [5.74, 6) is 0.568. The number of amides is 2. The zero-order chi connectivity index (χ0) is 19.1. The van der Waals surface area contributed by atoms with E-state index in [4.69, 9.17) is 0 Å². The lowest BCUT2D eigenvalue weighted by atomic mass is 9.98. The second-order valence-electron chi connectivity index (χ2n) is 7.60. The van der Waals surface area contributed by atoms with Crippen LogP contribution in [0.4, 0.5) is 10.5 Å². The monoisotopic (exact) mass is 369 g/mol. The van der Waals surface area contributed by atoms with Gasteiger partial charge in [-0.3, -0.25) is 0 Å². The molecule has 6 nitrogen and oxygen atoms in total. The number of carbonyl (C=O) groups excluding carboxylic acids is 1. The number of hydrogen-bond acceptors (Lipinski definition) is 4. The summed E-state index contributed by atoms with van der Waals surface area (Å²) in [6, 6.07) is 9.99. The van der Waals surface area contributed by atoms with Crippen LogP contribution in [0.5, 0.6) is 0 Å². The molecular weight excluding hydrogens is 338 g/mol. The standard InChI is InChI=1S/C21H31N5O/c1-2-9-24-10-5-6-18(17-24)16-23-21(27)26-13-11-25(12-14-26)20-8-4-3-7-19(20)15-22/h3-4,7-8,18H,2,5-6,9-14,16-17H2,1H3,(H,23,27)/t18-/m0/s1. The van der Waals surface area contributed by atoms with Gasteiger partial charge in [-0.2, -0.15) is 5.26 Å². The largest absolute Gasteiger partial charge is 0.367 e. The maximum absolute atomic E-state index is 12.5. The molecule has 27 heavy (non-hydrogen) atoms. The Bertz CT molecular complexity index is 661. The fourth-order valence-corrected chi connectivity index (χ4v) is 4.18. The Morgan fingerprint density at radius 1 is 1.22 bits per heavy atom. The van der Waals surface area contributed by atoms with Crippen LogP contribution in [0.3, 0.4) is 0 Å². The third-order valence-electron chi connectivity index (χ3n) is 5.62. The molecule has 0 bridgehead atoms. The normalized spacial score (nSPS) is 21.0. The highest BCUT2D eigenvalue weighted by molar-refractivity contribution is 5.74. The summed E-state index contributed by atoms with van der Waals surface area (Å²) in [6.07, 6.45) is 3.63. The molecule has 2 saturated heterocycles. The number of carbonyl (C=O) groups is 1. The molecule has 2 aliphatic rings.